The zero-order valence-electron chi connectivity index (χ0n) is 8.82. The molecule has 2 rings (SSSR count). The van der Waals surface area contributed by atoms with Crippen LogP contribution in [0, 0.1) is 0 Å². The van der Waals surface area contributed by atoms with Crippen LogP contribution in [0.3, 0.4) is 0 Å². The zero-order valence-corrected chi connectivity index (χ0v) is 8.82. The van der Waals surface area contributed by atoms with Crippen LogP contribution in [-0.2, 0) is 9.47 Å². The van der Waals surface area contributed by atoms with Crippen molar-refractivity contribution in [3.63, 3.8) is 0 Å². The van der Waals surface area contributed by atoms with Crippen molar-refractivity contribution in [2.45, 2.75) is 50.7 Å². The van der Waals surface area contributed by atoms with Gasteiger partial charge in [0.05, 0.1) is 25.4 Å². The molecule has 1 aliphatic heterocycles. The molecule has 4 heteroatoms. The highest BCUT2D eigenvalue weighted by Crippen LogP contribution is 2.23. The summed E-state index contributed by atoms with van der Waals surface area (Å²) in [6, 6.07) is 0.601. The lowest BCUT2D eigenvalue weighted by Crippen LogP contribution is -2.45. The fraction of sp³-hybridized carbons (Fsp3) is 1.00. The maximum Gasteiger partial charge on any atom is 0.162 e. The molecule has 0 amide bonds. The van der Waals surface area contributed by atoms with Crippen molar-refractivity contribution in [2.24, 2.45) is 0 Å². The van der Waals surface area contributed by atoms with E-state index >= 15 is 0 Å². The molecule has 0 aromatic heterocycles. The molecule has 1 saturated heterocycles. The van der Waals surface area contributed by atoms with Gasteiger partial charge in [0.1, 0.15) is 0 Å². The average Bonchev–Trinajstić information content (AvgIpc) is 2.91. The van der Waals surface area contributed by atoms with Gasteiger partial charge in [-0.2, -0.15) is 0 Å². The smallest absolute Gasteiger partial charge is 0.162 e. The van der Waals surface area contributed by atoms with Gasteiger partial charge in [0.25, 0.3) is 0 Å². The first-order chi connectivity index (χ1) is 6.57. The zero-order chi connectivity index (χ0) is 10.2. The third-order valence-corrected chi connectivity index (χ3v) is 2.70. The summed E-state index contributed by atoms with van der Waals surface area (Å²) in [6.45, 7) is 4.61. The number of nitrogens with one attached hydrogen (secondary N) is 1. The van der Waals surface area contributed by atoms with Crippen LogP contribution in [-0.4, -0.2) is 42.3 Å². The number of aliphatic hydroxyl groups is 1. The summed E-state index contributed by atoms with van der Waals surface area (Å²) in [5, 5.41) is 13.2. The summed E-state index contributed by atoms with van der Waals surface area (Å²) in [4.78, 5) is 0. The van der Waals surface area contributed by atoms with E-state index in [9.17, 15) is 5.11 Å². The van der Waals surface area contributed by atoms with Gasteiger partial charge in [-0.3, -0.25) is 0 Å². The van der Waals surface area contributed by atoms with Crippen molar-refractivity contribution >= 4 is 0 Å². The molecule has 2 aliphatic rings. The van der Waals surface area contributed by atoms with Crippen LogP contribution >= 0.6 is 0 Å². The van der Waals surface area contributed by atoms with Crippen LogP contribution in [0.25, 0.3) is 0 Å². The highest BCUT2D eigenvalue weighted by Gasteiger charge is 2.34. The van der Waals surface area contributed by atoms with E-state index in [-0.39, 0.29) is 6.04 Å². The Labute approximate surface area is 84.6 Å². The van der Waals surface area contributed by atoms with Gasteiger partial charge in [0.2, 0.25) is 0 Å². The Morgan fingerprint density at radius 3 is 2.50 bits per heavy atom. The van der Waals surface area contributed by atoms with E-state index in [0.717, 1.165) is 0 Å². The Morgan fingerprint density at radius 1 is 1.21 bits per heavy atom. The Bertz CT molecular complexity index is 204. The third-order valence-electron chi connectivity index (χ3n) is 2.70. The van der Waals surface area contributed by atoms with E-state index in [0.29, 0.717) is 19.3 Å². The van der Waals surface area contributed by atoms with Crippen LogP contribution in [0.15, 0.2) is 0 Å². The van der Waals surface area contributed by atoms with Gasteiger partial charge in [0.15, 0.2) is 5.79 Å². The Kier molecular flexibility index (Phi) is 2.79. The minimum atomic E-state index is -0.568. The number of hydrogen-bond donors (Lipinski definition) is 2. The molecule has 1 saturated carbocycles. The molecule has 1 heterocycles. The monoisotopic (exact) mass is 201 g/mol. The van der Waals surface area contributed by atoms with Gasteiger partial charge in [-0.25, -0.2) is 0 Å². The molecule has 4 nitrogen and oxygen atoms in total. The Balaban J connectivity index is 1.89. The predicted octanol–water partition coefficient (Wildman–Crippen LogP) is 0.251. The molecule has 0 bridgehead atoms. The second-order valence-electron chi connectivity index (χ2n) is 4.64. The molecule has 0 unspecified atom stereocenters. The molecule has 2 fully saturated rings. The van der Waals surface area contributed by atoms with Gasteiger partial charge in [-0.05, 0) is 26.7 Å². The molecular formula is C10H19NO3. The fourth-order valence-electron chi connectivity index (χ4n) is 1.56. The molecule has 0 spiro atoms. The largest absolute Gasteiger partial charge is 0.389 e. The molecule has 14 heavy (non-hydrogen) atoms. The lowest BCUT2D eigenvalue weighted by atomic mass is 10.2. The highest BCUT2D eigenvalue weighted by molar-refractivity contribution is 4.89. The average molecular weight is 201 g/mol. The van der Waals surface area contributed by atoms with Crippen molar-refractivity contribution in [3.8, 4) is 0 Å². The number of aliphatic hydroxyl groups excluding tert-OH is 1. The molecular weight excluding hydrogens is 182 g/mol. The maximum atomic E-state index is 9.79. The number of rotatable bonds is 2. The minimum absolute atomic E-state index is 0.0178. The summed E-state index contributed by atoms with van der Waals surface area (Å²) in [5.74, 6) is -0.568. The molecule has 1 aliphatic carbocycles. The lowest BCUT2D eigenvalue weighted by molar-refractivity contribution is -0.203. The molecule has 0 aromatic carbocycles. The van der Waals surface area contributed by atoms with Gasteiger partial charge >= 0.3 is 0 Å². The van der Waals surface area contributed by atoms with E-state index in [2.05, 4.69) is 5.32 Å². The first-order valence-corrected chi connectivity index (χ1v) is 5.29. The SMILES string of the molecule is CC1(C)OC[C@@H](O)[C@H](NC2CC2)CO1. The standard InChI is InChI=1S/C10H19NO3/c1-10(2)13-5-8(9(12)6-14-10)11-7-3-4-7/h7-9,11-12H,3-6H2,1-2H3/t8-,9-/m1/s1. The molecule has 2 atom stereocenters. The molecule has 2 N–H and O–H groups in total. The molecule has 82 valence electrons. The summed E-state index contributed by atoms with van der Waals surface area (Å²) < 4.78 is 11.0. The van der Waals surface area contributed by atoms with Crippen molar-refractivity contribution in [2.75, 3.05) is 13.2 Å². The summed E-state index contributed by atoms with van der Waals surface area (Å²) >= 11 is 0. The van der Waals surface area contributed by atoms with Crippen LogP contribution in [0.1, 0.15) is 26.7 Å². The van der Waals surface area contributed by atoms with Gasteiger partial charge < -0.3 is 19.9 Å². The second kappa shape index (κ2) is 3.77. The first-order valence-electron chi connectivity index (χ1n) is 5.29. The van der Waals surface area contributed by atoms with Crippen molar-refractivity contribution < 1.29 is 14.6 Å². The first kappa shape index (κ1) is 10.4. The predicted molar refractivity (Wildman–Crippen MR) is 51.9 cm³/mol. The van der Waals surface area contributed by atoms with Gasteiger partial charge in [-0.1, -0.05) is 0 Å². The Hall–Kier alpha value is -0.160. The fourth-order valence-corrected chi connectivity index (χ4v) is 1.56. The minimum Gasteiger partial charge on any atom is -0.389 e. The van der Waals surface area contributed by atoms with Crippen LogP contribution in [0.5, 0.6) is 0 Å². The van der Waals surface area contributed by atoms with E-state index in [4.69, 9.17) is 9.47 Å². The molecule has 0 radical (unpaired) electrons. The van der Waals surface area contributed by atoms with Crippen LogP contribution in [0.4, 0.5) is 0 Å². The third kappa shape index (κ3) is 2.67. The highest BCUT2D eigenvalue weighted by atomic mass is 16.7. The lowest BCUT2D eigenvalue weighted by Gasteiger charge is -2.22. The van der Waals surface area contributed by atoms with Crippen molar-refractivity contribution in [1.82, 2.24) is 5.32 Å². The van der Waals surface area contributed by atoms with E-state index in [1.165, 1.54) is 12.8 Å². The van der Waals surface area contributed by atoms with E-state index < -0.39 is 11.9 Å². The number of ether oxygens (including phenoxy) is 2. The van der Waals surface area contributed by atoms with E-state index in [1.54, 1.807) is 0 Å². The normalized spacial score (nSPS) is 37.9. The van der Waals surface area contributed by atoms with Crippen molar-refractivity contribution in [1.29, 1.82) is 0 Å². The second-order valence-corrected chi connectivity index (χ2v) is 4.64. The van der Waals surface area contributed by atoms with Crippen molar-refractivity contribution in [3.05, 3.63) is 0 Å². The van der Waals surface area contributed by atoms with Crippen LogP contribution in [0.2, 0.25) is 0 Å². The molecule has 0 aromatic rings. The summed E-state index contributed by atoms with van der Waals surface area (Å²) in [5.41, 5.74) is 0. The van der Waals surface area contributed by atoms with E-state index in [1.807, 2.05) is 13.8 Å². The Morgan fingerprint density at radius 2 is 1.86 bits per heavy atom. The maximum absolute atomic E-state index is 9.79. The van der Waals surface area contributed by atoms with Crippen LogP contribution < -0.4 is 5.32 Å². The quantitative estimate of drug-likeness (QED) is 0.672. The number of hydrogen-bond acceptors (Lipinski definition) is 4. The van der Waals surface area contributed by atoms with Gasteiger partial charge in [0, 0.05) is 6.04 Å². The van der Waals surface area contributed by atoms with Gasteiger partial charge in [-0.15, -0.1) is 0 Å². The summed E-state index contributed by atoms with van der Waals surface area (Å²) in [7, 11) is 0. The topological polar surface area (TPSA) is 50.7 Å². The summed E-state index contributed by atoms with van der Waals surface area (Å²) in [6.07, 6.45) is 1.97.